The molecule has 0 unspecified atom stereocenters. The summed E-state index contributed by atoms with van der Waals surface area (Å²) >= 11 is 0. The fourth-order valence-electron chi connectivity index (χ4n) is 1.49. The van der Waals surface area contributed by atoms with Gasteiger partial charge in [-0.15, -0.1) is 0 Å². The second-order valence-electron chi connectivity index (χ2n) is 3.50. The molecule has 2 heteroatoms. The number of rotatable bonds is 5. The smallest absolute Gasteiger partial charge is 0.307 e. The first kappa shape index (κ1) is 11.5. The second kappa shape index (κ2) is 6.02. The van der Waals surface area contributed by atoms with E-state index >= 15 is 0 Å². The third-order valence-electron chi connectivity index (χ3n) is 2.18. The molecular formula is C13H16O2. The molecule has 2 nitrogen and oxygen atoms in total. The van der Waals surface area contributed by atoms with E-state index in [2.05, 4.69) is 6.08 Å². The summed E-state index contributed by atoms with van der Waals surface area (Å²) in [4.78, 5) is 10.5. The number of hydrogen-bond donors (Lipinski definition) is 1. The largest absolute Gasteiger partial charge is 0.481 e. The number of carboxylic acids is 1. The number of carbonyl (C=O) groups is 1. The highest BCUT2D eigenvalue weighted by Gasteiger charge is 2.00. The van der Waals surface area contributed by atoms with Gasteiger partial charge in [0.25, 0.3) is 0 Å². The van der Waals surface area contributed by atoms with Crippen molar-refractivity contribution in [3.8, 4) is 0 Å². The second-order valence-corrected chi connectivity index (χ2v) is 3.50. The van der Waals surface area contributed by atoms with E-state index in [0.717, 1.165) is 18.4 Å². The Labute approximate surface area is 90.3 Å². The Morgan fingerprint density at radius 1 is 1.40 bits per heavy atom. The summed E-state index contributed by atoms with van der Waals surface area (Å²) in [5, 5.41) is 8.66. The first-order chi connectivity index (χ1) is 7.22. The molecule has 0 fully saturated rings. The van der Waals surface area contributed by atoms with Gasteiger partial charge in [0.2, 0.25) is 0 Å². The van der Waals surface area contributed by atoms with E-state index in [-0.39, 0.29) is 6.42 Å². The molecule has 0 heterocycles. The monoisotopic (exact) mass is 204 g/mol. The van der Waals surface area contributed by atoms with Gasteiger partial charge in [0, 0.05) is 0 Å². The van der Waals surface area contributed by atoms with Crippen LogP contribution in [-0.4, -0.2) is 11.1 Å². The maximum atomic E-state index is 10.5. The topological polar surface area (TPSA) is 37.3 Å². The zero-order valence-electron chi connectivity index (χ0n) is 8.94. The Kier molecular flexibility index (Phi) is 4.61. The molecule has 0 atom stereocenters. The summed E-state index contributed by atoms with van der Waals surface area (Å²) in [5.41, 5.74) is 2.08. The van der Waals surface area contributed by atoms with Crippen molar-refractivity contribution >= 4 is 5.97 Å². The van der Waals surface area contributed by atoms with Gasteiger partial charge in [-0.1, -0.05) is 36.4 Å². The molecule has 0 radical (unpaired) electrons. The van der Waals surface area contributed by atoms with E-state index in [1.54, 1.807) is 0 Å². The lowest BCUT2D eigenvalue weighted by Crippen LogP contribution is -2.00. The average molecular weight is 204 g/mol. The van der Waals surface area contributed by atoms with Crippen molar-refractivity contribution < 1.29 is 9.90 Å². The maximum absolute atomic E-state index is 10.5. The van der Waals surface area contributed by atoms with E-state index in [4.69, 9.17) is 5.11 Å². The van der Waals surface area contributed by atoms with Crippen molar-refractivity contribution in [3.63, 3.8) is 0 Å². The number of aryl methyl sites for hydroxylation is 1. The predicted octanol–water partition coefficient (Wildman–Crippen LogP) is 2.82. The Hall–Kier alpha value is -1.57. The van der Waals surface area contributed by atoms with Crippen molar-refractivity contribution in [1.82, 2.24) is 0 Å². The fourth-order valence-corrected chi connectivity index (χ4v) is 1.49. The van der Waals surface area contributed by atoms with Crippen LogP contribution in [0.2, 0.25) is 0 Å². The van der Waals surface area contributed by atoms with Crippen LogP contribution in [0, 0.1) is 0 Å². The number of benzene rings is 1. The number of hydrogen-bond acceptors (Lipinski definition) is 1. The minimum Gasteiger partial charge on any atom is -0.481 e. The quantitative estimate of drug-likeness (QED) is 0.749. The summed E-state index contributed by atoms with van der Waals surface area (Å²) in [6, 6.07) is 7.78. The molecule has 0 bridgehead atoms. The lowest BCUT2D eigenvalue weighted by atomic mass is 10.0. The molecule has 1 N–H and O–H groups in total. The molecule has 80 valence electrons. The predicted molar refractivity (Wildman–Crippen MR) is 60.9 cm³/mol. The lowest BCUT2D eigenvalue weighted by molar-refractivity contribution is -0.136. The van der Waals surface area contributed by atoms with Crippen molar-refractivity contribution in [1.29, 1.82) is 0 Å². The molecule has 0 aliphatic carbocycles. The summed E-state index contributed by atoms with van der Waals surface area (Å²) in [6.45, 7) is 2.00. The highest BCUT2D eigenvalue weighted by atomic mass is 16.4. The van der Waals surface area contributed by atoms with Gasteiger partial charge >= 0.3 is 5.97 Å². The summed E-state index contributed by atoms with van der Waals surface area (Å²) in [6.07, 6.45) is 6.23. The summed E-state index contributed by atoms with van der Waals surface area (Å²) in [7, 11) is 0. The van der Waals surface area contributed by atoms with Crippen LogP contribution in [0.25, 0.3) is 0 Å². The highest BCUT2D eigenvalue weighted by Crippen LogP contribution is 2.08. The van der Waals surface area contributed by atoms with Crippen molar-refractivity contribution in [2.45, 2.75) is 26.2 Å². The van der Waals surface area contributed by atoms with Crippen molar-refractivity contribution in [2.75, 3.05) is 0 Å². The standard InChI is InChI=1S/C13H16O2/c1-2-3-4-6-11-7-5-8-12(9-11)10-13(14)15/h2-3,5,7-9H,4,6,10H2,1H3,(H,14,15)/b3-2+. The first-order valence-electron chi connectivity index (χ1n) is 5.13. The van der Waals surface area contributed by atoms with Crippen LogP contribution in [0.3, 0.4) is 0 Å². The van der Waals surface area contributed by atoms with Crippen molar-refractivity contribution in [2.24, 2.45) is 0 Å². The Bertz CT molecular complexity index is 353. The lowest BCUT2D eigenvalue weighted by Gasteiger charge is -2.01. The summed E-state index contributed by atoms with van der Waals surface area (Å²) < 4.78 is 0. The molecular weight excluding hydrogens is 188 g/mol. The Morgan fingerprint density at radius 3 is 2.80 bits per heavy atom. The Balaban J connectivity index is 2.61. The molecule has 0 spiro atoms. The zero-order valence-corrected chi connectivity index (χ0v) is 8.94. The molecule has 1 aromatic rings. The average Bonchev–Trinajstić information content (AvgIpc) is 2.18. The van der Waals surface area contributed by atoms with E-state index < -0.39 is 5.97 Å². The first-order valence-corrected chi connectivity index (χ1v) is 5.13. The summed E-state index contributed by atoms with van der Waals surface area (Å²) in [5.74, 6) is -0.777. The van der Waals surface area contributed by atoms with E-state index in [1.165, 1.54) is 5.56 Å². The number of carboxylic acid groups (broad SMARTS) is 1. The minimum atomic E-state index is -0.777. The minimum absolute atomic E-state index is 0.109. The molecule has 0 aromatic heterocycles. The molecule has 1 aromatic carbocycles. The Morgan fingerprint density at radius 2 is 2.13 bits per heavy atom. The van der Waals surface area contributed by atoms with Gasteiger partial charge < -0.3 is 5.11 Å². The maximum Gasteiger partial charge on any atom is 0.307 e. The molecule has 1 rings (SSSR count). The fraction of sp³-hybridized carbons (Fsp3) is 0.308. The van der Waals surface area contributed by atoms with Gasteiger partial charge in [0.1, 0.15) is 0 Å². The van der Waals surface area contributed by atoms with Gasteiger partial charge in [-0.3, -0.25) is 4.79 Å². The van der Waals surface area contributed by atoms with Crippen LogP contribution < -0.4 is 0 Å². The van der Waals surface area contributed by atoms with E-state index in [1.807, 2.05) is 37.3 Å². The molecule has 0 saturated carbocycles. The normalized spacial score (nSPS) is 10.7. The molecule has 0 amide bonds. The zero-order chi connectivity index (χ0) is 11.1. The van der Waals surface area contributed by atoms with Gasteiger partial charge in [0.05, 0.1) is 6.42 Å². The third-order valence-corrected chi connectivity index (χ3v) is 2.18. The van der Waals surface area contributed by atoms with Crippen LogP contribution in [0.15, 0.2) is 36.4 Å². The highest BCUT2D eigenvalue weighted by molar-refractivity contribution is 5.70. The van der Waals surface area contributed by atoms with E-state index in [9.17, 15) is 4.79 Å². The van der Waals surface area contributed by atoms with Crippen LogP contribution in [0.1, 0.15) is 24.5 Å². The number of allylic oxidation sites excluding steroid dienone is 2. The third kappa shape index (κ3) is 4.45. The van der Waals surface area contributed by atoms with Gasteiger partial charge in [-0.05, 0) is 30.9 Å². The number of aliphatic carboxylic acids is 1. The van der Waals surface area contributed by atoms with Crippen molar-refractivity contribution in [3.05, 3.63) is 47.5 Å². The van der Waals surface area contributed by atoms with Crippen LogP contribution >= 0.6 is 0 Å². The molecule has 15 heavy (non-hydrogen) atoms. The van der Waals surface area contributed by atoms with Crippen LogP contribution in [0.5, 0.6) is 0 Å². The molecule has 0 aliphatic rings. The molecule has 0 aliphatic heterocycles. The van der Waals surface area contributed by atoms with Gasteiger partial charge in [-0.25, -0.2) is 0 Å². The molecule has 0 saturated heterocycles. The van der Waals surface area contributed by atoms with Gasteiger partial charge in [-0.2, -0.15) is 0 Å². The van der Waals surface area contributed by atoms with Crippen LogP contribution in [0.4, 0.5) is 0 Å². The van der Waals surface area contributed by atoms with Gasteiger partial charge in [0.15, 0.2) is 0 Å². The van der Waals surface area contributed by atoms with Crippen LogP contribution in [-0.2, 0) is 17.6 Å². The van der Waals surface area contributed by atoms with E-state index in [0.29, 0.717) is 0 Å². The SMILES string of the molecule is C/C=C/CCc1cccc(CC(=O)O)c1.